The van der Waals surface area contributed by atoms with Gasteiger partial charge in [0.15, 0.2) is 5.76 Å². The van der Waals surface area contributed by atoms with E-state index >= 15 is 0 Å². The minimum atomic E-state index is -0.729. The molecule has 3 rings (SSSR count). The number of hydrogen-bond acceptors (Lipinski definition) is 4. The second-order valence-corrected chi connectivity index (χ2v) is 5.87. The fourth-order valence-electron chi connectivity index (χ4n) is 2.72. The number of rotatable bonds is 4. The van der Waals surface area contributed by atoms with Crippen LogP contribution in [-0.2, 0) is 11.3 Å². The van der Waals surface area contributed by atoms with Crippen molar-refractivity contribution in [1.29, 1.82) is 0 Å². The third-order valence-electron chi connectivity index (χ3n) is 4.08. The van der Waals surface area contributed by atoms with Crippen LogP contribution >= 0.6 is 0 Å². The molecule has 1 atom stereocenters. The average molecular weight is 286 g/mol. The van der Waals surface area contributed by atoms with Crippen molar-refractivity contribution in [2.45, 2.75) is 19.9 Å². The van der Waals surface area contributed by atoms with Gasteiger partial charge in [0, 0.05) is 18.2 Å². The molecule has 1 aliphatic rings. The quantitative estimate of drug-likeness (QED) is 0.936. The molecule has 1 fully saturated rings. The molecule has 1 N–H and O–H groups in total. The molecule has 1 aromatic heterocycles. The van der Waals surface area contributed by atoms with Gasteiger partial charge in [0.1, 0.15) is 5.69 Å². The summed E-state index contributed by atoms with van der Waals surface area (Å²) in [4.78, 5) is 13.3. The molecule has 2 aromatic rings. The van der Waals surface area contributed by atoms with Gasteiger partial charge < -0.3 is 9.63 Å². The smallest absolute Gasteiger partial charge is 0.310 e. The van der Waals surface area contributed by atoms with Gasteiger partial charge in [0.25, 0.3) is 0 Å². The summed E-state index contributed by atoms with van der Waals surface area (Å²) in [5.41, 5.74) is 1.18. The third-order valence-corrected chi connectivity index (χ3v) is 4.08. The zero-order chi connectivity index (χ0) is 14.9. The van der Waals surface area contributed by atoms with Crippen LogP contribution in [0.1, 0.15) is 19.1 Å². The lowest BCUT2D eigenvalue weighted by Gasteiger charge is -2.18. The van der Waals surface area contributed by atoms with Crippen molar-refractivity contribution in [2.24, 2.45) is 5.41 Å². The van der Waals surface area contributed by atoms with Crippen molar-refractivity contribution in [2.75, 3.05) is 13.1 Å². The maximum atomic E-state index is 11.2. The first kappa shape index (κ1) is 13.8. The van der Waals surface area contributed by atoms with E-state index in [4.69, 9.17) is 4.52 Å². The van der Waals surface area contributed by atoms with Crippen molar-refractivity contribution in [3.63, 3.8) is 0 Å². The summed E-state index contributed by atoms with van der Waals surface area (Å²) in [5.74, 6) is 0.0380. The lowest BCUT2D eigenvalue weighted by molar-refractivity contribution is -0.147. The fourth-order valence-corrected chi connectivity index (χ4v) is 2.72. The van der Waals surface area contributed by atoms with Crippen molar-refractivity contribution < 1.29 is 14.4 Å². The minimum Gasteiger partial charge on any atom is -0.481 e. The molecule has 2 heterocycles. The Labute approximate surface area is 123 Å². The maximum absolute atomic E-state index is 11.2. The number of likely N-dealkylation sites (tertiary alicyclic amines) is 1. The number of aliphatic carboxylic acids is 1. The van der Waals surface area contributed by atoms with Crippen LogP contribution in [0.25, 0.3) is 11.3 Å². The van der Waals surface area contributed by atoms with Crippen LogP contribution in [-0.4, -0.2) is 34.2 Å². The molecule has 0 aliphatic carbocycles. The first-order chi connectivity index (χ1) is 10.1. The molecular weight excluding hydrogens is 268 g/mol. The van der Waals surface area contributed by atoms with Crippen LogP contribution in [0.2, 0.25) is 0 Å². The lowest BCUT2D eigenvalue weighted by Crippen LogP contribution is -2.31. The van der Waals surface area contributed by atoms with Crippen LogP contribution in [0.5, 0.6) is 0 Å². The summed E-state index contributed by atoms with van der Waals surface area (Å²) in [6, 6.07) is 11.8. The van der Waals surface area contributed by atoms with Gasteiger partial charge in [-0.2, -0.15) is 0 Å². The molecule has 0 amide bonds. The Kier molecular flexibility index (Phi) is 3.51. The second-order valence-electron chi connectivity index (χ2n) is 5.87. The van der Waals surface area contributed by atoms with Crippen LogP contribution in [0, 0.1) is 5.41 Å². The van der Waals surface area contributed by atoms with Crippen LogP contribution in [0.3, 0.4) is 0 Å². The standard InChI is InChI=1S/C16H18N2O3/c1-16(15(19)20)7-8-18(11-16)10-13-9-14(17-21-13)12-5-3-2-4-6-12/h2-6,9H,7-8,10-11H2,1H3,(H,19,20). The minimum absolute atomic E-state index is 0.545. The van der Waals surface area contributed by atoms with E-state index in [1.165, 1.54) is 0 Å². The molecule has 21 heavy (non-hydrogen) atoms. The topological polar surface area (TPSA) is 66.6 Å². The highest BCUT2D eigenvalue weighted by Gasteiger charge is 2.40. The molecule has 1 unspecified atom stereocenters. The Morgan fingerprint density at radius 3 is 2.86 bits per heavy atom. The monoisotopic (exact) mass is 286 g/mol. The Morgan fingerprint density at radius 2 is 2.19 bits per heavy atom. The molecule has 0 radical (unpaired) electrons. The SMILES string of the molecule is CC1(C(=O)O)CCN(Cc2cc(-c3ccccc3)no2)C1. The van der Waals surface area contributed by atoms with Gasteiger partial charge in [0.05, 0.1) is 12.0 Å². The van der Waals surface area contributed by atoms with Crippen molar-refractivity contribution >= 4 is 5.97 Å². The van der Waals surface area contributed by atoms with Gasteiger partial charge in [-0.05, 0) is 19.9 Å². The second kappa shape index (κ2) is 5.33. The van der Waals surface area contributed by atoms with Gasteiger partial charge in [-0.25, -0.2) is 0 Å². The normalized spacial score (nSPS) is 22.5. The number of aromatic nitrogens is 1. The van der Waals surface area contributed by atoms with Gasteiger partial charge in [-0.15, -0.1) is 0 Å². The zero-order valence-electron chi connectivity index (χ0n) is 12.0. The number of hydrogen-bond donors (Lipinski definition) is 1. The summed E-state index contributed by atoms with van der Waals surface area (Å²) in [7, 11) is 0. The lowest BCUT2D eigenvalue weighted by atomic mass is 9.90. The largest absolute Gasteiger partial charge is 0.481 e. The molecular formula is C16H18N2O3. The van der Waals surface area contributed by atoms with Gasteiger partial charge in [0.2, 0.25) is 0 Å². The highest BCUT2D eigenvalue weighted by molar-refractivity contribution is 5.74. The molecule has 5 nitrogen and oxygen atoms in total. The Balaban J connectivity index is 1.68. The van der Waals surface area contributed by atoms with E-state index in [2.05, 4.69) is 10.1 Å². The first-order valence-electron chi connectivity index (χ1n) is 7.04. The molecule has 1 aliphatic heterocycles. The van der Waals surface area contributed by atoms with E-state index in [1.54, 1.807) is 6.92 Å². The zero-order valence-corrected chi connectivity index (χ0v) is 12.0. The van der Waals surface area contributed by atoms with E-state index in [-0.39, 0.29) is 0 Å². The summed E-state index contributed by atoms with van der Waals surface area (Å²) in [6.07, 6.45) is 0.669. The molecule has 1 saturated heterocycles. The van der Waals surface area contributed by atoms with Crippen molar-refractivity contribution in [3.05, 3.63) is 42.2 Å². The number of nitrogens with zero attached hydrogens (tertiary/aromatic N) is 2. The summed E-state index contributed by atoms with van der Waals surface area (Å²) in [5, 5.41) is 13.3. The third kappa shape index (κ3) is 2.83. The summed E-state index contributed by atoms with van der Waals surface area (Å²) >= 11 is 0. The number of carboxylic acids is 1. The van der Waals surface area contributed by atoms with Gasteiger partial charge in [-0.1, -0.05) is 35.5 Å². The first-order valence-corrected chi connectivity index (χ1v) is 7.04. The Hall–Kier alpha value is -2.14. The van der Waals surface area contributed by atoms with Gasteiger partial charge >= 0.3 is 5.97 Å². The number of carboxylic acid groups (broad SMARTS) is 1. The van der Waals surface area contributed by atoms with E-state index in [1.807, 2.05) is 36.4 Å². The molecule has 0 spiro atoms. The molecule has 110 valence electrons. The molecule has 1 aromatic carbocycles. The predicted octanol–water partition coefficient (Wildman–Crippen LogP) is 2.64. The Bertz CT molecular complexity index is 638. The van der Waals surface area contributed by atoms with Crippen molar-refractivity contribution in [1.82, 2.24) is 10.1 Å². The number of benzene rings is 1. The highest BCUT2D eigenvalue weighted by Crippen LogP contribution is 2.31. The van der Waals surface area contributed by atoms with E-state index < -0.39 is 11.4 Å². The molecule has 5 heteroatoms. The summed E-state index contributed by atoms with van der Waals surface area (Å²) in [6.45, 7) is 3.71. The van der Waals surface area contributed by atoms with Crippen molar-refractivity contribution in [3.8, 4) is 11.3 Å². The Morgan fingerprint density at radius 1 is 1.43 bits per heavy atom. The van der Waals surface area contributed by atoms with E-state index in [9.17, 15) is 9.90 Å². The van der Waals surface area contributed by atoms with Crippen LogP contribution in [0.4, 0.5) is 0 Å². The van der Waals surface area contributed by atoms with Gasteiger partial charge in [-0.3, -0.25) is 9.69 Å². The van der Waals surface area contributed by atoms with E-state index in [0.717, 1.165) is 23.6 Å². The fraction of sp³-hybridized carbons (Fsp3) is 0.375. The maximum Gasteiger partial charge on any atom is 0.310 e. The predicted molar refractivity (Wildman–Crippen MR) is 77.6 cm³/mol. The number of carbonyl (C=O) groups is 1. The van der Waals surface area contributed by atoms with Crippen LogP contribution < -0.4 is 0 Å². The molecule has 0 bridgehead atoms. The average Bonchev–Trinajstić information content (AvgIpc) is 3.08. The summed E-state index contributed by atoms with van der Waals surface area (Å²) < 4.78 is 5.37. The molecule has 0 saturated carbocycles. The highest BCUT2D eigenvalue weighted by atomic mass is 16.5. The van der Waals surface area contributed by atoms with E-state index in [0.29, 0.717) is 19.5 Å². The van der Waals surface area contributed by atoms with Crippen LogP contribution in [0.15, 0.2) is 40.9 Å².